The zero-order chi connectivity index (χ0) is 28.1. The normalized spacial score (nSPS) is 10.9. The van der Waals surface area contributed by atoms with Crippen molar-refractivity contribution >= 4 is 0 Å². The number of nitrogens with zero attached hydrogens (tertiary/aromatic N) is 3. The van der Waals surface area contributed by atoms with Crippen molar-refractivity contribution in [2.45, 2.75) is 0 Å². The van der Waals surface area contributed by atoms with Crippen LogP contribution < -0.4 is 0 Å². The van der Waals surface area contributed by atoms with E-state index in [9.17, 15) is 0 Å². The zero-order valence-electron chi connectivity index (χ0n) is 22.9. The van der Waals surface area contributed by atoms with Crippen molar-refractivity contribution < 1.29 is 0 Å². The van der Waals surface area contributed by atoms with E-state index in [1.165, 1.54) is 5.56 Å². The summed E-state index contributed by atoms with van der Waals surface area (Å²) in [6.07, 6.45) is 0. The lowest BCUT2D eigenvalue weighted by atomic mass is 9.90. The van der Waals surface area contributed by atoms with Gasteiger partial charge in [0.15, 0.2) is 17.5 Å². The van der Waals surface area contributed by atoms with Gasteiger partial charge in [0.25, 0.3) is 0 Å². The maximum atomic E-state index is 5.10. The lowest BCUT2D eigenvalue weighted by Gasteiger charge is -2.16. The summed E-state index contributed by atoms with van der Waals surface area (Å²) in [5.41, 5.74) is 9.67. The first-order chi connectivity index (χ1) is 20.8. The van der Waals surface area contributed by atoms with Gasteiger partial charge < -0.3 is 0 Å². The first-order valence-corrected chi connectivity index (χ1v) is 14.0. The Labute approximate surface area is 245 Å². The molecule has 198 valence electrons. The summed E-state index contributed by atoms with van der Waals surface area (Å²) in [5.74, 6) is 1.93. The summed E-state index contributed by atoms with van der Waals surface area (Å²) >= 11 is 0. The van der Waals surface area contributed by atoms with Crippen LogP contribution in [0.1, 0.15) is 0 Å². The van der Waals surface area contributed by atoms with Crippen LogP contribution in [0, 0.1) is 0 Å². The Morgan fingerprint density at radius 2 is 0.619 bits per heavy atom. The van der Waals surface area contributed by atoms with Crippen LogP contribution in [0.3, 0.4) is 0 Å². The lowest BCUT2D eigenvalue weighted by Crippen LogP contribution is -2.01. The van der Waals surface area contributed by atoms with Gasteiger partial charge in [0.05, 0.1) is 0 Å². The molecule has 0 unspecified atom stereocenters. The molecule has 6 aromatic carbocycles. The van der Waals surface area contributed by atoms with Crippen molar-refractivity contribution in [3.05, 3.63) is 164 Å². The SMILES string of the molecule is c1ccc(-c2ccc(-c3nc(-c4ccccc4)nc(-c4cccc(-c5ccccc5)c4-c4ccccc4)n3)cc2)cc1. The van der Waals surface area contributed by atoms with Crippen molar-refractivity contribution in [3.8, 4) is 67.5 Å². The van der Waals surface area contributed by atoms with Gasteiger partial charge >= 0.3 is 0 Å². The Hall–Kier alpha value is -5.67. The first-order valence-electron chi connectivity index (χ1n) is 14.0. The molecule has 3 nitrogen and oxygen atoms in total. The molecule has 0 N–H and O–H groups in total. The van der Waals surface area contributed by atoms with Gasteiger partial charge in [-0.1, -0.05) is 164 Å². The highest BCUT2D eigenvalue weighted by Crippen LogP contribution is 2.39. The van der Waals surface area contributed by atoms with Gasteiger partial charge in [0.2, 0.25) is 0 Å². The summed E-state index contributed by atoms with van der Waals surface area (Å²) in [4.78, 5) is 15.1. The highest BCUT2D eigenvalue weighted by atomic mass is 15.0. The molecule has 0 saturated carbocycles. The largest absolute Gasteiger partial charge is 0.208 e. The van der Waals surface area contributed by atoms with Crippen molar-refractivity contribution in [2.24, 2.45) is 0 Å². The Balaban J connectivity index is 1.43. The van der Waals surface area contributed by atoms with Crippen molar-refractivity contribution in [1.29, 1.82) is 0 Å². The molecule has 0 atom stereocenters. The minimum Gasteiger partial charge on any atom is -0.208 e. The van der Waals surface area contributed by atoms with Gasteiger partial charge in [-0.25, -0.2) is 15.0 Å². The molecular weight excluding hydrogens is 510 g/mol. The topological polar surface area (TPSA) is 38.7 Å². The second kappa shape index (κ2) is 11.4. The molecule has 0 fully saturated rings. The number of hydrogen-bond acceptors (Lipinski definition) is 3. The number of benzene rings is 6. The predicted molar refractivity (Wildman–Crippen MR) is 172 cm³/mol. The minimum atomic E-state index is 0.641. The summed E-state index contributed by atoms with van der Waals surface area (Å²) < 4.78 is 0. The fraction of sp³-hybridized carbons (Fsp3) is 0. The molecule has 7 aromatic rings. The van der Waals surface area contributed by atoms with E-state index in [0.717, 1.165) is 44.5 Å². The molecule has 3 heteroatoms. The van der Waals surface area contributed by atoms with E-state index < -0.39 is 0 Å². The van der Waals surface area contributed by atoms with Crippen molar-refractivity contribution in [2.75, 3.05) is 0 Å². The Bertz CT molecular complexity index is 1940. The van der Waals surface area contributed by atoms with Gasteiger partial charge in [-0.15, -0.1) is 0 Å². The summed E-state index contributed by atoms with van der Waals surface area (Å²) in [5, 5.41) is 0. The van der Waals surface area contributed by atoms with Crippen molar-refractivity contribution in [3.63, 3.8) is 0 Å². The fourth-order valence-electron chi connectivity index (χ4n) is 5.30. The van der Waals surface area contributed by atoms with E-state index in [-0.39, 0.29) is 0 Å². The van der Waals surface area contributed by atoms with Crippen LogP contribution in [0.2, 0.25) is 0 Å². The molecule has 0 bridgehead atoms. The quantitative estimate of drug-likeness (QED) is 0.212. The number of aromatic nitrogens is 3. The van der Waals surface area contributed by atoms with Crippen LogP contribution >= 0.6 is 0 Å². The Kier molecular flexibility index (Phi) is 6.89. The molecule has 0 aliphatic rings. The standard InChI is InChI=1S/C39H27N3/c1-5-14-28(15-6-1)29-24-26-33(27-25-29)38-40-37(32-20-11-4-12-21-32)41-39(42-38)35-23-13-22-34(30-16-7-2-8-17-30)36(35)31-18-9-3-10-19-31/h1-27H. The Morgan fingerprint density at radius 1 is 0.238 bits per heavy atom. The van der Waals surface area contributed by atoms with E-state index in [1.54, 1.807) is 0 Å². The fourth-order valence-corrected chi connectivity index (χ4v) is 5.30. The van der Waals surface area contributed by atoms with E-state index in [1.807, 2.05) is 48.5 Å². The highest BCUT2D eigenvalue weighted by molar-refractivity contribution is 5.93. The summed E-state index contributed by atoms with van der Waals surface area (Å²) in [7, 11) is 0. The molecule has 0 saturated heterocycles. The molecule has 0 spiro atoms. The zero-order valence-corrected chi connectivity index (χ0v) is 22.9. The van der Waals surface area contributed by atoms with Crippen LogP contribution in [-0.4, -0.2) is 15.0 Å². The van der Waals surface area contributed by atoms with Crippen LogP contribution in [-0.2, 0) is 0 Å². The summed E-state index contributed by atoms with van der Waals surface area (Å²) in [6, 6.07) is 56.3. The first kappa shape index (κ1) is 25.3. The smallest absolute Gasteiger partial charge is 0.164 e. The number of hydrogen-bond donors (Lipinski definition) is 0. The summed E-state index contributed by atoms with van der Waals surface area (Å²) in [6.45, 7) is 0. The predicted octanol–water partition coefficient (Wildman–Crippen LogP) is 9.87. The average molecular weight is 538 g/mol. The molecule has 42 heavy (non-hydrogen) atoms. The Morgan fingerprint density at radius 3 is 1.19 bits per heavy atom. The second-order valence-electron chi connectivity index (χ2n) is 10.1. The highest BCUT2D eigenvalue weighted by Gasteiger charge is 2.18. The van der Waals surface area contributed by atoms with Gasteiger partial charge in [-0.05, 0) is 27.8 Å². The molecule has 0 aliphatic heterocycles. The molecular formula is C39H27N3. The van der Waals surface area contributed by atoms with E-state index in [2.05, 4.69) is 115 Å². The van der Waals surface area contributed by atoms with Crippen LogP contribution in [0.4, 0.5) is 0 Å². The molecule has 1 heterocycles. The monoisotopic (exact) mass is 537 g/mol. The maximum absolute atomic E-state index is 5.10. The van der Waals surface area contributed by atoms with Gasteiger partial charge in [0, 0.05) is 22.3 Å². The lowest BCUT2D eigenvalue weighted by molar-refractivity contribution is 1.07. The van der Waals surface area contributed by atoms with Gasteiger partial charge in [0.1, 0.15) is 0 Å². The maximum Gasteiger partial charge on any atom is 0.164 e. The third-order valence-corrected chi connectivity index (χ3v) is 7.37. The van der Waals surface area contributed by atoms with E-state index >= 15 is 0 Å². The molecule has 0 amide bonds. The van der Waals surface area contributed by atoms with Crippen LogP contribution in [0.5, 0.6) is 0 Å². The third kappa shape index (κ3) is 5.12. The molecule has 0 radical (unpaired) electrons. The van der Waals surface area contributed by atoms with Crippen molar-refractivity contribution in [1.82, 2.24) is 15.0 Å². The minimum absolute atomic E-state index is 0.641. The number of rotatable bonds is 6. The van der Waals surface area contributed by atoms with E-state index in [0.29, 0.717) is 17.5 Å². The van der Waals surface area contributed by atoms with Crippen LogP contribution in [0.15, 0.2) is 164 Å². The molecule has 1 aromatic heterocycles. The molecule has 7 rings (SSSR count). The molecule has 0 aliphatic carbocycles. The van der Waals surface area contributed by atoms with Gasteiger partial charge in [-0.2, -0.15) is 0 Å². The second-order valence-corrected chi connectivity index (χ2v) is 10.1. The average Bonchev–Trinajstić information content (AvgIpc) is 3.09. The van der Waals surface area contributed by atoms with E-state index in [4.69, 9.17) is 15.0 Å². The van der Waals surface area contributed by atoms with Gasteiger partial charge in [-0.3, -0.25) is 0 Å². The van der Waals surface area contributed by atoms with Crippen LogP contribution in [0.25, 0.3) is 67.5 Å². The third-order valence-electron chi connectivity index (χ3n) is 7.37.